The van der Waals surface area contributed by atoms with Gasteiger partial charge in [0.1, 0.15) is 5.75 Å². The fourth-order valence-electron chi connectivity index (χ4n) is 3.89. The van der Waals surface area contributed by atoms with Crippen molar-refractivity contribution >= 4 is 0 Å². The summed E-state index contributed by atoms with van der Waals surface area (Å²) in [5.74, 6) is 0.943. The molecule has 2 saturated heterocycles. The van der Waals surface area contributed by atoms with E-state index in [1.165, 1.54) is 44.5 Å². The number of piperidine rings is 1. The monoisotopic (exact) mass is 318 g/mol. The fraction of sp³-hybridized carbons (Fsp3) is 0.684. The van der Waals surface area contributed by atoms with Gasteiger partial charge >= 0.3 is 0 Å². The summed E-state index contributed by atoms with van der Waals surface area (Å²) in [5, 5.41) is 0. The molecule has 2 aliphatic heterocycles. The second-order valence-corrected chi connectivity index (χ2v) is 6.94. The summed E-state index contributed by atoms with van der Waals surface area (Å²) < 4.78 is 11.6. The Morgan fingerprint density at radius 3 is 2.74 bits per heavy atom. The highest BCUT2D eigenvalue weighted by atomic mass is 16.5. The Hall–Kier alpha value is -1.10. The van der Waals surface area contributed by atoms with E-state index >= 15 is 0 Å². The number of hydrogen-bond donors (Lipinski definition) is 0. The quantitative estimate of drug-likeness (QED) is 0.833. The van der Waals surface area contributed by atoms with Gasteiger partial charge in [-0.25, -0.2) is 0 Å². The van der Waals surface area contributed by atoms with Crippen molar-refractivity contribution in [3.05, 3.63) is 29.8 Å². The number of benzene rings is 1. The van der Waals surface area contributed by atoms with E-state index in [9.17, 15) is 0 Å². The van der Waals surface area contributed by atoms with Gasteiger partial charge in [-0.1, -0.05) is 19.1 Å². The summed E-state index contributed by atoms with van der Waals surface area (Å²) in [4.78, 5) is 5.13. The molecule has 3 rings (SSSR count). The van der Waals surface area contributed by atoms with E-state index < -0.39 is 0 Å². The Kier molecular flexibility index (Phi) is 5.57. The highest BCUT2D eigenvalue weighted by molar-refractivity contribution is 5.28. The molecule has 0 amide bonds. The van der Waals surface area contributed by atoms with Crippen molar-refractivity contribution in [2.75, 3.05) is 46.4 Å². The third-order valence-electron chi connectivity index (χ3n) is 5.17. The molecule has 2 aliphatic rings. The van der Waals surface area contributed by atoms with Crippen molar-refractivity contribution in [2.24, 2.45) is 0 Å². The average Bonchev–Trinajstić information content (AvgIpc) is 2.58. The maximum Gasteiger partial charge on any atom is 0.119 e. The molecule has 0 unspecified atom stereocenters. The number of nitrogens with zero attached hydrogens (tertiary/aromatic N) is 2. The second-order valence-electron chi connectivity index (χ2n) is 6.94. The summed E-state index contributed by atoms with van der Waals surface area (Å²) in [7, 11) is 1.73. The van der Waals surface area contributed by atoms with E-state index in [0.717, 1.165) is 32.0 Å². The number of ether oxygens (including phenoxy) is 2. The maximum atomic E-state index is 6.25. The Bertz CT molecular complexity index is 498. The Morgan fingerprint density at radius 2 is 2.00 bits per heavy atom. The van der Waals surface area contributed by atoms with Gasteiger partial charge < -0.3 is 14.4 Å². The van der Waals surface area contributed by atoms with Crippen LogP contribution in [0.2, 0.25) is 0 Å². The molecule has 1 spiro atoms. The summed E-state index contributed by atoms with van der Waals surface area (Å²) in [6, 6.07) is 8.42. The molecule has 4 heteroatoms. The van der Waals surface area contributed by atoms with Crippen LogP contribution in [-0.4, -0.2) is 61.8 Å². The van der Waals surface area contributed by atoms with Crippen LogP contribution in [-0.2, 0) is 11.3 Å². The molecule has 1 aromatic rings. The van der Waals surface area contributed by atoms with Crippen LogP contribution in [0.15, 0.2) is 24.3 Å². The van der Waals surface area contributed by atoms with Crippen molar-refractivity contribution in [2.45, 2.75) is 38.3 Å². The van der Waals surface area contributed by atoms with Crippen LogP contribution >= 0.6 is 0 Å². The van der Waals surface area contributed by atoms with Gasteiger partial charge in [-0.05, 0) is 43.5 Å². The fourth-order valence-corrected chi connectivity index (χ4v) is 3.89. The van der Waals surface area contributed by atoms with Gasteiger partial charge in [0, 0.05) is 32.7 Å². The predicted octanol–water partition coefficient (Wildman–Crippen LogP) is 2.77. The zero-order chi connectivity index (χ0) is 16.1. The molecule has 0 radical (unpaired) electrons. The lowest BCUT2D eigenvalue weighted by Gasteiger charge is -2.47. The number of methoxy groups -OCH3 is 1. The van der Waals surface area contributed by atoms with Crippen LogP contribution in [0.5, 0.6) is 5.75 Å². The lowest BCUT2D eigenvalue weighted by atomic mass is 9.89. The van der Waals surface area contributed by atoms with Crippen LogP contribution in [0.3, 0.4) is 0 Å². The Morgan fingerprint density at radius 1 is 1.17 bits per heavy atom. The number of morpholine rings is 1. The number of hydrogen-bond acceptors (Lipinski definition) is 4. The van der Waals surface area contributed by atoms with Crippen LogP contribution < -0.4 is 4.74 Å². The first-order chi connectivity index (χ1) is 11.2. The normalized spacial score (nSPS) is 22.3. The van der Waals surface area contributed by atoms with Crippen LogP contribution in [0, 0.1) is 0 Å². The Labute approximate surface area is 140 Å². The van der Waals surface area contributed by atoms with E-state index in [1.54, 1.807) is 7.11 Å². The molecule has 23 heavy (non-hydrogen) atoms. The highest BCUT2D eigenvalue weighted by Gasteiger charge is 2.39. The summed E-state index contributed by atoms with van der Waals surface area (Å²) in [6.07, 6.45) is 3.58. The molecule has 128 valence electrons. The van der Waals surface area contributed by atoms with E-state index in [4.69, 9.17) is 9.47 Å². The molecule has 0 atom stereocenters. The van der Waals surface area contributed by atoms with Gasteiger partial charge in [0.15, 0.2) is 0 Å². The second kappa shape index (κ2) is 7.65. The van der Waals surface area contributed by atoms with Gasteiger partial charge in [-0.2, -0.15) is 0 Å². The molecule has 4 nitrogen and oxygen atoms in total. The Balaban J connectivity index is 1.58. The molecule has 0 aliphatic carbocycles. The molecule has 0 saturated carbocycles. The first-order valence-corrected chi connectivity index (χ1v) is 8.95. The van der Waals surface area contributed by atoms with Crippen LogP contribution in [0.25, 0.3) is 0 Å². The van der Waals surface area contributed by atoms with Gasteiger partial charge in [0.25, 0.3) is 0 Å². The zero-order valence-electron chi connectivity index (χ0n) is 14.6. The van der Waals surface area contributed by atoms with E-state index in [1.807, 2.05) is 6.07 Å². The van der Waals surface area contributed by atoms with E-state index in [-0.39, 0.29) is 5.60 Å². The minimum absolute atomic E-state index is 0.0847. The topological polar surface area (TPSA) is 24.9 Å². The van der Waals surface area contributed by atoms with Gasteiger partial charge in [-0.3, -0.25) is 4.90 Å². The van der Waals surface area contributed by atoms with Crippen LogP contribution in [0.4, 0.5) is 0 Å². The minimum Gasteiger partial charge on any atom is -0.497 e. The third-order valence-corrected chi connectivity index (χ3v) is 5.17. The van der Waals surface area contributed by atoms with E-state index in [0.29, 0.717) is 0 Å². The van der Waals surface area contributed by atoms with Crippen molar-refractivity contribution in [1.82, 2.24) is 9.80 Å². The lowest BCUT2D eigenvalue weighted by molar-refractivity contribution is -0.137. The first kappa shape index (κ1) is 16.7. The molecule has 0 bridgehead atoms. The SMILES string of the molecule is CCCN1CCC2(CC1)CN(Cc1cccc(OC)c1)CCO2. The summed E-state index contributed by atoms with van der Waals surface area (Å²) >= 11 is 0. The molecule has 2 heterocycles. The largest absolute Gasteiger partial charge is 0.497 e. The summed E-state index contributed by atoms with van der Waals surface area (Å²) in [6.45, 7) is 9.78. The molecule has 0 aromatic heterocycles. The van der Waals surface area contributed by atoms with Crippen molar-refractivity contribution in [3.8, 4) is 5.75 Å². The lowest BCUT2D eigenvalue weighted by Crippen LogP contribution is -2.56. The zero-order valence-corrected chi connectivity index (χ0v) is 14.6. The van der Waals surface area contributed by atoms with E-state index in [2.05, 4.69) is 34.9 Å². The van der Waals surface area contributed by atoms with Gasteiger partial charge in [-0.15, -0.1) is 0 Å². The van der Waals surface area contributed by atoms with Crippen molar-refractivity contribution in [1.29, 1.82) is 0 Å². The van der Waals surface area contributed by atoms with Gasteiger partial charge in [0.05, 0.1) is 19.3 Å². The highest BCUT2D eigenvalue weighted by Crippen LogP contribution is 2.31. The molecule has 0 N–H and O–H groups in total. The first-order valence-electron chi connectivity index (χ1n) is 8.95. The smallest absolute Gasteiger partial charge is 0.119 e. The number of rotatable bonds is 5. The minimum atomic E-state index is 0.0847. The summed E-state index contributed by atoms with van der Waals surface area (Å²) in [5.41, 5.74) is 1.41. The molecule has 1 aromatic carbocycles. The predicted molar refractivity (Wildman–Crippen MR) is 92.9 cm³/mol. The standard InChI is InChI=1S/C19H30N2O2/c1-3-9-20-10-7-19(8-11-20)16-21(12-13-23-19)15-17-5-4-6-18(14-17)22-2/h4-6,14H,3,7-13,15-16H2,1-2H3. The van der Waals surface area contributed by atoms with Gasteiger partial charge in [0.2, 0.25) is 0 Å². The third kappa shape index (κ3) is 4.25. The maximum absolute atomic E-state index is 6.25. The van der Waals surface area contributed by atoms with Crippen LogP contribution in [0.1, 0.15) is 31.7 Å². The average molecular weight is 318 g/mol. The molecule has 2 fully saturated rings. The van der Waals surface area contributed by atoms with Crippen molar-refractivity contribution < 1.29 is 9.47 Å². The molecular formula is C19H30N2O2. The van der Waals surface area contributed by atoms with Crippen molar-refractivity contribution in [3.63, 3.8) is 0 Å². The molecular weight excluding hydrogens is 288 g/mol. The number of likely N-dealkylation sites (tertiary alicyclic amines) is 1.